The average Bonchev–Trinajstić information content (AvgIpc) is 2.76. The zero-order chi connectivity index (χ0) is 13.9. The van der Waals surface area contributed by atoms with Crippen LogP contribution in [0.5, 0.6) is 0 Å². The summed E-state index contributed by atoms with van der Waals surface area (Å²) < 4.78 is 39.0. The number of H-pyrrole nitrogens is 1. The molecule has 19 heavy (non-hydrogen) atoms. The maximum absolute atomic E-state index is 12.9. The van der Waals surface area contributed by atoms with Gasteiger partial charge in [0.05, 0.1) is 6.20 Å². The highest BCUT2D eigenvalue weighted by molar-refractivity contribution is 7.89. The predicted molar refractivity (Wildman–Crippen MR) is 68.3 cm³/mol. The number of nitrogens with two attached hydrogens (primary N) is 1. The van der Waals surface area contributed by atoms with Crippen LogP contribution in [0.4, 0.5) is 10.2 Å². The lowest BCUT2D eigenvalue weighted by atomic mass is 10.1. The third kappa shape index (κ3) is 3.30. The Bertz CT molecular complexity index is 669. The number of hydrogen-bond acceptors (Lipinski definition) is 4. The van der Waals surface area contributed by atoms with Crippen molar-refractivity contribution >= 4 is 15.8 Å². The number of nitrogen functional groups attached to an aromatic ring is 1. The molecule has 0 amide bonds. The van der Waals surface area contributed by atoms with Gasteiger partial charge in [0.15, 0.2) is 0 Å². The molecule has 0 spiro atoms. The predicted octanol–water partition coefficient (Wildman–Crippen LogP) is 0.652. The van der Waals surface area contributed by atoms with Gasteiger partial charge < -0.3 is 5.73 Å². The van der Waals surface area contributed by atoms with Crippen molar-refractivity contribution in [1.82, 2.24) is 14.9 Å². The van der Waals surface area contributed by atoms with Crippen molar-refractivity contribution in [1.29, 1.82) is 0 Å². The van der Waals surface area contributed by atoms with E-state index in [2.05, 4.69) is 14.9 Å². The molecule has 0 bridgehead atoms. The van der Waals surface area contributed by atoms with Crippen LogP contribution in [-0.4, -0.2) is 25.2 Å². The summed E-state index contributed by atoms with van der Waals surface area (Å²) in [6.45, 7) is 0.149. The first-order chi connectivity index (χ1) is 8.99. The van der Waals surface area contributed by atoms with E-state index in [1.165, 1.54) is 12.1 Å². The Morgan fingerprint density at radius 2 is 2.21 bits per heavy atom. The topological polar surface area (TPSA) is 101 Å². The van der Waals surface area contributed by atoms with Gasteiger partial charge >= 0.3 is 0 Å². The number of sulfonamides is 1. The van der Waals surface area contributed by atoms with Crippen LogP contribution >= 0.6 is 0 Å². The molecule has 0 atom stereocenters. The smallest absolute Gasteiger partial charge is 0.245 e. The molecule has 0 unspecified atom stereocenters. The van der Waals surface area contributed by atoms with Gasteiger partial charge in [-0.15, -0.1) is 0 Å². The van der Waals surface area contributed by atoms with Crippen molar-refractivity contribution in [2.75, 3.05) is 12.3 Å². The third-order valence-corrected chi connectivity index (χ3v) is 4.01. The zero-order valence-electron chi connectivity index (χ0n) is 9.93. The molecule has 0 aliphatic rings. The second-order valence-corrected chi connectivity index (χ2v) is 5.66. The van der Waals surface area contributed by atoms with Crippen LogP contribution in [0, 0.1) is 5.82 Å². The van der Waals surface area contributed by atoms with E-state index in [1.807, 2.05) is 0 Å². The number of hydrogen-bond donors (Lipinski definition) is 3. The van der Waals surface area contributed by atoms with Crippen molar-refractivity contribution in [2.45, 2.75) is 11.3 Å². The Labute approximate surface area is 109 Å². The Balaban J connectivity index is 1.98. The Hall–Kier alpha value is -1.93. The molecule has 1 aromatic heterocycles. The van der Waals surface area contributed by atoms with Gasteiger partial charge in [-0.3, -0.25) is 5.10 Å². The van der Waals surface area contributed by atoms with E-state index in [0.717, 1.165) is 6.20 Å². The van der Waals surface area contributed by atoms with Gasteiger partial charge in [-0.05, 0) is 24.1 Å². The van der Waals surface area contributed by atoms with Gasteiger partial charge in [0.1, 0.15) is 16.5 Å². The van der Waals surface area contributed by atoms with E-state index in [-0.39, 0.29) is 23.1 Å². The lowest BCUT2D eigenvalue weighted by Gasteiger charge is -2.05. The van der Waals surface area contributed by atoms with Crippen LogP contribution in [-0.2, 0) is 16.4 Å². The van der Waals surface area contributed by atoms with Gasteiger partial charge in [0.2, 0.25) is 10.0 Å². The summed E-state index contributed by atoms with van der Waals surface area (Å²) in [4.78, 5) is -0.0910. The van der Waals surface area contributed by atoms with E-state index < -0.39 is 10.0 Å². The second-order valence-electron chi connectivity index (χ2n) is 3.93. The van der Waals surface area contributed by atoms with Crippen molar-refractivity contribution in [2.24, 2.45) is 0 Å². The van der Waals surface area contributed by atoms with E-state index in [4.69, 9.17) is 5.73 Å². The number of nitrogens with one attached hydrogen (secondary N) is 2. The molecule has 0 aliphatic carbocycles. The van der Waals surface area contributed by atoms with Crippen LogP contribution in [0.15, 0.2) is 35.4 Å². The van der Waals surface area contributed by atoms with E-state index >= 15 is 0 Å². The lowest BCUT2D eigenvalue weighted by Crippen LogP contribution is -2.26. The molecular weight excluding hydrogens is 271 g/mol. The quantitative estimate of drug-likeness (QED) is 0.750. The van der Waals surface area contributed by atoms with Crippen molar-refractivity contribution in [3.8, 4) is 0 Å². The summed E-state index contributed by atoms with van der Waals surface area (Å²) in [5, 5.41) is 5.90. The maximum atomic E-state index is 12.9. The molecule has 0 fully saturated rings. The number of aromatic nitrogens is 2. The first kappa shape index (κ1) is 13.5. The molecule has 0 saturated carbocycles. The van der Waals surface area contributed by atoms with E-state index in [1.54, 1.807) is 12.1 Å². The second kappa shape index (κ2) is 5.37. The molecule has 0 radical (unpaired) electrons. The highest BCUT2D eigenvalue weighted by Gasteiger charge is 2.18. The molecule has 6 nitrogen and oxygen atoms in total. The third-order valence-electron chi connectivity index (χ3n) is 2.52. The van der Waals surface area contributed by atoms with Crippen molar-refractivity contribution in [3.05, 3.63) is 41.8 Å². The van der Waals surface area contributed by atoms with Crippen LogP contribution in [0.2, 0.25) is 0 Å². The first-order valence-electron chi connectivity index (χ1n) is 5.52. The SMILES string of the molecule is Nc1[nH]ncc1S(=O)(=O)NCCc1cccc(F)c1. The van der Waals surface area contributed by atoms with Gasteiger partial charge in [0.25, 0.3) is 0 Å². The molecule has 4 N–H and O–H groups in total. The minimum Gasteiger partial charge on any atom is -0.383 e. The van der Waals surface area contributed by atoms with Crippen LogP contribution in [0.1, 0.15) is 5.56 Å². The number of halogens is 1. The summed E-state index contributed by atoms with van der Waals surface area (Å²) in [7, 11) is -3.69. The van der Waals surface area contributed by atoms with Crippen molar-refractivity contribution < 1.29 is 12.8 Å². The maximum Gasteiger partial charge on any atom is 0.245 e. The lowest BCUT2D eigenvalue weighted by molar-refractivity contribution is 0.582. The Morgan fingerprint density at radius 3 is 2.84 bits per heavy atom. The van der Waals surface area contributed by atoms with Crippen LogP contribution in [0.25, 0.3) is 0 Å². The summed E-state index contributed by atoms with van der Waals surface area (Å²) in [5.41, 5.74) is 6.15. The molecule has 2 aromatic rings. The van der Waals surface area contributed by atoms with Crippen molar-refractivity contribution in [3.63, 3.8) is 0 Å². The molecule has 8 heteroatoms. The molecule has 102 valence electrons. The number of aromatic amines is 1. The molecule has 2 rings (SSSR count). The summed E-state index contributed by atoms with van der Waals surface area (Å²) in [6.07, 6.45) is 1.52. The fourth-order valence-electron chi connectivity index (χ4n) is 1.60. The standard InChI is InChI=1S/C11H13FN4O2S/c12-9-3-1-2-8(6-9)4-5-15-19(17,18)10-7-14-16-11(10)13/h1-3,6-7,15H,4-5H2,(H3,13,14,16). The fourth-order valence-corrected chi connectivity index (χ4v) is 2.65. The van der Waals surface area contributed by atoms with E-state index in [0.29, 0.717) is 12.0 Å². The number of benzene rings is 1. The number of anilines is 1. The minimum absolute atomic E-state index is 0.0155. The van der Waals surface area contributed by atoms with Crippen LogP contribution in [0.3, 0.4) is 0 Å². The number of rotatable bonds is 5. The summed E-state index contributed by atoms with van der Waals surface area (Å²) >= 11 is 0. The molecule has 0 saturated heterocycles. The largest absolute Gasteiger partial charge is 0.383 e. The van der Waals surface area contributed by atoms with Gasteiger partial charge in [0, 0.05) is 6.54 Å². The highest BCUT2D eigenvalue weighted by Crippen LogP contribution is 2.13. The Morgan fingerprint density at radius 1 is 1.42 bits per heavy atom. The fraction of sp³-hybridized carbons (Fsp3) is 0.182. The Kier molecular flexibility index (Phi) is 3.82. The van der Waals surface area contributed by atoms with Gasteiger partial charge in [-0.2, -0.15) is 5.10 Å². The highest BCUT2D eigenvalue weighted by atomic mass is 32.2. The molecular formula is C11H13FN4O2S. The summed E-state index contributed by atoms with van der Waals surface area (Å²) in [5.74, 6) is -0.363. The van der Waals surface area contributed by atoms with Gasteiger partial charge in [-0.1, -0.05) is 12.1 Å². The van der Waals surface area contributed by atoms with Gasteiger partial charge in [-0.25, -0.2) is 17.5 Å². The molecule has 1 aromatic carbocycles. The summed E-state index contributed by atoms with van der Waals surface area (Å²) in [6, 6.07) is 6.00. The average molecular weight is 284 g/mol. The zero-order valence-corrected chi connectivity index (χ0v) is 10.7. The molecule has 0 aliphatic heterocycles. The normalized spacial score (nSPS) is 11.6. The minimum atomic E-state index is -3.69. The van der Waals surface area contributed by atoms with Crippen LogP contribution < -0.4 is 10.5 Å². The number of nitrogens with zero attached hydrogens (tertiary/aromatic N) is 1. The van der Waals surface area contributed by atoms with E-state index in [9.17, 15) is 12.8 Å². The first-order valence-corrected chi connectivity index (χ1v) is 7.00. The molecule has 1 heterocycles. The monoisotopic (exact) mass is 284 g/mol.